The summed E-state index contributed by atoms with van der Waals surface area (Å²) in [5.74, 6) is 0.111. The van der Waals surface area contributed by atoms with E-state index >= 15 is 0 Å². The molecule has 0 amide bonds. The van der Waals surface area contributed by atoms with Crippen molar-refractivity contribution in [2.24, 2.45) is 5.73 Å². The van der Waals surface area contributed by atoms with Crippen molar-refractivity contribution in [3.8, 4) is 0 Å². The molecule has 0 saturated carbocycles. The Kier molecular flexibility index (Phi) is 9.84. The van der Waals surface area contributed by atoms with E-state index in [2.05, 4.69) is 11.6 Å². The second-order valence-electron chi connectivity index (χ2n) is 4.75. The van der Waals surface area contributed by atoms with Gasteiger partial charge >= 0.3 is 0 Å². The van der Waals surface area contributed by atoms with Crippen LogP contribution < -0.4 is 10.5 Å². The van der Waals surface area contributed by atoms with E-state index in [0.717, 1.165) is 24.8 Å². The second kappa shape index (κ2) is 10.2. The van der Waals surface area contributed by atoms with Gasteiger partial charge in [-0.05, 0) is 18.4 Å². The van der Waals surface area contributed by atoms with Crippen LogP contribution in [0.3, 0.4) is 0 Å². The molecule has 0 saturated heterocycles. The molecule has 0 aliphatic rings. The maximum atomic E-state index is 12.0. The molecule has 0 aliphatic heterocycles. The average molecular weight is 321 g/mol. The molecule has 116 valence electrons. The number of sulfonamides is 1. The Morgan fingerprint density at radius 1 is 1.25 bits per heavy atom. The first kappa shape index (κ1) is 19.4. The van der Waals surface area contributed by atoms with Gasteiger partial charge in [0.25, 0.3) is 0 Å². The minimum atomic E-state index is -3.25. The molecule has 0 spiro atoms. The first-order valence-electron chi connectivity index (χ1n) is 6.81. The number of rotatable bonds is 9. The van der Waals surface area contributed by atoms with Gasteiger partial charge in [0.2, 0.25) is 10.0 Å². The largest absolute Gasteiger partial charge is 0.329 e. The van der Waals surface area contributed by atoms with Crippen molar-refractivity contribution in [1.82, 2.24) is 4.72 Å². The van der Waals surface area contributed by atoms with Crippen LogP contribution in [0.5, 0.6) is 0 Å². The lowest BCUT2D eigenvalue weighted by molar-refractivity contribution is 0.516. The van der Waals surface area contributed by atoms with Gasteiger partial charge in [-0.3, -0.25) is 0 Å². The van der Waals surface area contributed by atoms with Gasteiger partial charge in [-0.25, -0.2) is 13.1 Å². The molecule has 1 atom stereocenters. The lowest BCUT2D eigenvalue weighted by Crippen LogP contribution is -2.41. The summed E-state index contributed by atoms with van der Waals surface area (Å²) in [6, 6.07) is 9.49. The summed E-state index contributed by atoms with van der Waals surface area (Å²) in [6.07, 6.45) is 3.37. The summed E-state index contributed by atoms with van der Waals surface area (Å²) in [6.45, 7) is 2.43. The van der Waals surface area contributed by atoms with Crippen molar-refractivity contribution in [2.45, 2.75) is 38.6 Å². The SMILES string of the molecule is CCCCC(CN)NS(=O)(=O)CCc1ccccc1.Cl. The zero-order chi connectivity index (χ0) is 14.1. The molecular formula is C14H25ClN2O2S. The minimum Gasteiger partial charge on any atom is -0.329 e. The molecule has 3 N–H and O–H groups in total. The zero-order valence-electron chi connectivity index (χ0n) is 11.9. The van der Waals surface area contributed by atoms with E-state index in [4.69, 9.17) is 5.73 Å². The molecule has 1 aromatic rings. The van der Waals surface area contributed by atoms with Gasteiger partial charge in [-0.2, -0.15) is 0 Å². The quantitative estimate of drug-likeness (QED) is 0.731. The summed E-state index contributed by atoms with van der Waals surface area (Å²) in [4.78, 5) is 0. The van der Waals surface area contributed by atoms with Crippen LogP contribution in [-0.2, 0) is 16.4 Å². The summed E-state index contributed by atoms with van der Waals surface area (Å²) in [5.41, 5.74) is 6.63. The van der Waals surface area contributed by atoms with E-state index < -0.39 is 10.0 Å². The molecule has 0 bridgehead atoms. The Bertz CT molecular complexity index is 452. The highest BCUT2D eigenvalue weighted by molar-refractivity contribution is 7.89. The Balaban J connectivity index is 0.00000361. The number of nitrogens with two attached hydrogens (primary N) is 1. The van der Waals surface area contributed by atoms with Crippen LogP contribution in [-0.4, -0.2) is 26.8 Å². The zero-order valence-corrected chi connectivity index (χ0v) is 13.6. The molecule has 4 nitrogen and oxygen atoms in total. The summed E-state index contributed by atoms with van der Waals surface area (Å²) in [7, 11) is -3.25. The number of hydrogen-bond acceptors (Lipinski definition) is 3. The molecular weight excluding hydrogens is 296 g/mol. The van der Waals surface area contributed by atoms with Crippen LogP contribution in [0, 0.1) is 0 Å². The van der Waals surface area contributed by atoms with Crippen molar-refractivity contribution in [3.63, 3.8) is 0 Å². The number of nitrogens with one attached hydrogen (secondary N) is 1. The van der Waals surface area contributed by atoms with Gasteiger partial charge in [0, 0.05) is 12.6 Å². The topological polar surface area (TPSA) is 72.2 Å². The van der Waals surface area contributed by atoms with Gasteiger partial charge in [-0.1, -0.05) is 50.1 Å². The predicted octanol–water partition coefficient (Wildman–Crippen LogP) is 2.09. The van der Waals surface area contributed by atoms with Crippen molar-refractivity contribution >= 4 is 22.4 Å². The fourth-order valence-electron chi connectivity index (χ4n) is 1.89. The fourth-order valence-corrected chi connectivity index (χ4v) is 3.23. The van der Waals surface area contributed by atoms with Gasteiger partial charge in [0.1, 0.15) is 0 Å². The van der Waals surface area contributed by atoms with Gasteiger partial charge in [-0.15, -0.1) is 12.4 Å². The Morgan fingerprint density at radius 2 is 1.90 bits per heavy atom. The maximum absolute atomic E-state index is 12.0. The Morgan fingerprint density at radius 3 is 2.45 bits per heavy atom. The molecule has 6 heteroatoms. The van der Waals surface area contributed by atoms with Crippen LogP contribution in [0.15, 0.2) is 30.3 Å². The minimum absolute atomic E-state index is 0. The van der Waals surface area contributed by atoms with Crippen LogP contribution >= 0.6 is 12.4 Å². The van der Waals surface area contributed by atoms with E-state index in [1.54, 1.807) is 0 Å². The summed E-state index contributed by atoms with van der Waals surface area (Å²) >= 11 is 0. The van der Waals surface area contributed by atoms with E-state index in [-0.39, 0.29) is 24.2 Å². The lowest BCUT2D eigenvalue weighted by Gasteiger charge is -2.16. The van der Waals surface area contributed by atoms with Crippen LogP contribution in [0.2, 0.25) is 0 Å². The Hall–Kier alpha value is -0.620. The third kappa shape index (κ3) is 7.85. The fraction of sp³-hybridized carbons (Fsp3) is 0.571. The number of halogens is 1. The Labute approximate surface area is 128 Å². The molecule has 1 rings (SSSR count). The van der Waals surface area contributed by atoms with Crippen LogP contribution in [0.25, 0.3) is 0 Å². The highest BCUT2D eigenvalue weighted by Crippen LogP contribution is 2.04. The lowest BCUT2D eigenvalue weighted by atomic mass is 10.1. The third-order valence-corrected chi connectivity index (χ3v) is 4.47. The van der Waals surface area contributed by atoms with E-state index in [1.165, 1.54) is 0 Å². The first-order valence-corrected chi connectivity index (χ1v) is 8.46. The third-order valence-electron chi connectivity index (χ3n) is 3.04. The highest BCUT2D eigenvalue weighted by atomic mass is 35.5. The van der Waals surface area contributed by atoms with Crippen molar-refractivity contribution in [1.29, 1.82) is 0 Å². The summed E-state index contributed by atoms with van der Waals surface area (Å²) < 4.78 is 26.6. The van der Waals surface area contributed by atoms with E-state index in [1.807, 2.05) is 30.3 Å². The molecule has 1 aromatic carbocycles. The number of unbranched alkanes of at least 4 members (excludes halogenated alkanes) is 1. The smallest absolute Gasteiger partial charge is 0.212 e. The molecule has 0 fully saturated rings. The van der Waals surface area contributed by atoms with Crippen LogP contribution in [0.4, 0.5) is 0 Å². The van der Waals surface area contributed by atoms with E-state index in [9.17, 15) is 8.42 Å². The van der Waals surface area contributed by atoms with Gasteiger partial charge < -0.3 is 5.73 Å². The van der Waals surface area contributed by atoms with Crippen molar-refractivity contribution in [3.05, 3.63) is 35.9 Å². The van der Waals surface area contributed by atoms with Crippen molar-refractivity contribution in [2.75, 3.05) is 12.3 Å². The monoisotopic (exact) mass is 320 g/mol. The second-order valence-corrected chi connectivity index (χ2v) is 6.62. The molecule has 0 aliphatic carbocycles. The van der Waals surface area contributed by atoms with E-state index in [0.29, 0.717) is 13.0 Å². The molecule has 0 heterocycles. The normalized spacial score (nSPS) is 12.7. The molecule has 0 aromatic heterocycles. The maximum Gasteiger partial charge on any atom is 0.212 e. The average Bonchev–Trinajstić information content (AvgIpc) is 2.42. The standard InChI is InChI=1S/C14H24N2O2S.ClH/c1-2-3-9-14(12-15)16-19(17,18)11-10-13-7-5-4-6-8-13;/h4-8,14,16H,2-3,9-12,15H2,1H3;1H. The van der Waals surface area contributed by atoms with Gasteiger partial charge in [0.05, 0.1) is 5.75 Å². The first-order chi connectivity index (χ1) is 9.07. The number of aryl methyl sites for hydroxylation is 1. The molecule has 20 heavy (non-hydrogen) atoms. The predicted molar refractivity (Wildman–Crippen MR) is 86.7 cm³/mol. The number of hydrogen-bond donors (Lipinski definition) is 2. The van der Waals surface area contributed by atoms with Crippen LogP contribution in [0.1, 0.15) is 31.7 Å². The molecule has 1 unspecified atom stereocenters. The van der Waals surface area contributed by atoms with Gasteiger partial charge in [0.15, 0.2) is 0 Å². The van der Waals surface area contributed by atoms with Crippen molar-refractivity contribution < 1.29 is 8.42 Å². The molecule has 0 radical (unpaired) electrons. The number of benzene rings is 1. The highest BCUT2D eigenvalue weighted by Gasteiger charge is 2.16. The summed E-state index contributed by atoms with van der Waals surface area (Å²) in [5, 5.41) is 0.